The third kappa shape index (κ3) is 3.78. The molecule has 0 aliphatic carbocycles. The smallest absolute Gasteiger partial charge is 0.125 e. The van der Waals surface area contributed by atoms with Crippen LogP contribution in [0.25, 0.3) is 11.1 Å². The van der Waals surface area contributed by atoms with Crippen molar-refractivity contribution in [2.45, 2.75) is 26.4 Å². The predicted octanol–water partition coefficient (Wildman–Crippen LogP) is 4.92. The molecule has 3 rings (SSSR count). The molecule has 0 bridgehead atoms. The van der Waals surface area contributed by atoms with Crippen LogP contribution in [-0.2, 0) is 0 Å². The molecule has 0 amide bonds. The van der Waals surface area contributed by atoms with E-state index >= 15 is 0 Å². The quantitative estimate of drug-likeness (QED) is 0.770. The van der Waals surface area contributed by atoms with Gasteiger partial charge in [-0.3, -0.25) is 0 Å². The van der Waals surface area contributed by atoms with Crippen molar-refractivity contribution in [2.24, 2.45) is 0 Å². The van der Waals surface area contributed by atoms with E-state index in [4.69, 9.17) is 0 Å². The normalized spacial score (nSPS) is 17.0. The number of hydrogen-bond donors (Lipinski definition) is 0. The molecule has 0 radical (unpaired) electrons. The van der Waals surface area contributed by atoms with Gasteiger partial charge < -0.3 is 9.80 Å². The summed E-state index contributed by atoms with van der Waals surface area (Å²) in [4.78, 5) is 4.85. The van der Waals surface area contributed by atoms with Crippen LogP contribution < -0.4 is 4.90 Å². The van der Waals surface area contributed by atoms with Gasteiger partial charge in [-0.1, -0.05) is 44.2 Å². The van der Waals surface area contributed by atoms with Gasteiger partial charge in [0.15, 0.2) is 0 Å². The zero-order valence-electron chi connectivity index (χ0n) is 14.7. The van der Waals surface area contributed by atoms with Crippen molar-refractivity contribution in [3.05, 3.63) is 54.1 Å². The standard InChI is InChI=1S/C21H27FN2/c1-3-21(22)19-14-18(17-8-6-5-7-9-17)15-20(16-19)24-12-10-23(4-2)11-13-24/h5-9,14-16,21H,3-4,10-13H2,1-2H3. The fourth-order valence-electron chi connectivity index (χ4n) is 3.35. The Labute approximate surface area is 144 Å². The van der Waals surface area contributed by atoms with Gasteiger partial charge in [0, 0.05) is 31.9 Å². The zero-order chi connectivity index (χ0) is 16.9. The highest BCUT2D eigenvalue weighted by Crippen LogP contribution is 2.32. The molecule has 1 aliphatic heterocycles. The SMILES string of the molecule is CCC(F)c1cc(-c2ccccc2)cc(N2CCN(CC)CC2)c1. The van der Waals surface area contributed by atoms with Crippen LogP contribution in [0.4, 0.5) is 10.1 Å². The molecular formula is C21H27FN2. The van der Waals surface area contributed by atoms with Crippen molar-refractivity contribution in [3.63, 3.8) is 0 Å². The number of alkyl halides is 1. The molecule has 0 N–H and O–H groups in total. The van der Waals surface area contributed by atoms with Gasteiger partial charge in [-0.05, 0) is 47.9 Å². The van der Waals surface area contributed by atoms with Crippen molar-refractivity contribution in [3.8, 4) is 11.1 Å². The first-order chi connectivity index (χ1) is 11.7. The van der Waals surface area contributed by atoms with Crippen LogP contribution in [0.2, 0.25) is 0 Å². The lowest BCUT2D eigenvalue weighted by Crippen LogP contribution is -2.46. The molecule has 1 unspecified atom stereocenters. The van der Waals surface area contributed by atoms with Gasteiger partial charge in [0.2, 0.25) is 0 Å². The van der Waals surface area contributed by atoms with Crippen LogP contribution in [-0.4, -0.2) is 37.6 Å². The zero-order valence-corrected chi connectivity index (χ0v) is 14.7. The Morgan fingerprint density at radius 3 is 2.25 bits per heavy atom. The van der Waals surface area contributed by atoms with E-state index in [9.17, 15) is 4.39 Å². The number of benzene rings is 2. The molecule has 128 valence electrons. The van der Waals surface area contributed by atoms with Crippen molar-refractivity contribution >= 4 is 5.69 Å². The minimum Gasteiger partial charge on any atom is -0.369 e. The third-order valence-corrected chi connectivity index (χ3v) is 4.95. The molecule has 1 fully saturated rings. The maximum Gasteiger partial charge on any atom is 0.125 e. The van der Waals surface area contributed by atoms with Crippen molar-refractivity contribution in [1.29, 1.82) is 0 Å². The fraction of sp³-hybridized carbons (Fsp3) is 0.429. The largest absolute Gasteiger partial charge is 0.369 e. The highest BCUT2D eigenvalue weighted by atomic mass is 19.1. The van der Waals surface area contributed by atoms with Gasteiger partial charge in [-0.15, -0.1) is 0 Å². The number of nitrogens with zero attached hydrogens (tertiary/aromatic N) is 2. The van der Waals surface area contributed by atoms with Gasteiger partial charge in [0.1, 0.15) is 6.17 Å². The van der Waals surface area contributed by atoms with E-state index in [2.05, 4.69) is 34.9 Å². The first kappa shape index (κ1) is 17.0. The molecule has 1 atom stereocenters. The summed E-state index contributed by atoms with van der Waals surface area (Å²) in [7, 11) is 0. The first-order valence-corrected chi connectivity index (χ1v) is 9.03. The Bertz CT molecular complexity index is 648. The number of hydrogen-bond acceptors (Lipinski definition) is 2. The minimum atomic E-state index is -0.899. The average Bonchev–Trinajstić information content (AvgIpc) is 2.67. The molecule has 0 saturated carbocycles. The Morgan fingerprint density at radius 2 is 1.62 bits per heavy atom. The molecule has 0 spiro atoms. The molecule has 1 heterocycles. The molecule has 24 heavy (non-hydrogen) atoms. The van der Waals surface area contributed by atoms with E-state index in [1.165, 1.54) is 0 Å². The number of piperazine rings is 1. The van der Waals surface area contributed by atoms with Crippen LogP contribution in [0.1, 0.15) is 32.0 Å². The second-order valence-corrected chi connectivity index (χ2v) is 6.48. The van der Waals surface area contributed by atoms with Crippen molar-refractivity contribution in [1.82, 2.24) is 4.90 Å². The minimum absolute atomic E-state index is 0.515. The van der Waals surface area contributed by atoms with Crippen LogP contribution >= 0.6 is 0 Å². The summed E-state index contributed by atoms with van der Waals surface area (Å²) in [6.45, 7) is 9.38. The second kappa shape index (κ2) is 7.80. The predicted molar refractivity (Wildman–Crippen MR) is 100 cm³/mol. The van der Waals surface area contributed by atoms with Crippen LogP contribution in [0.15, 0.2) is 48.5 Å². The average molecular weight is 326 g/mol. The second-order valence-electron chi connectivity index (χ2n) is 6.48. The summed E-state index contributed by atoms with van der Waals surface area (Å²) in [6, 6.07) is 16.5. The molecule has 3 heteroatoms. The fourth-order valence-corrected chi connectivity index (χ4v) is 3.35. The van der Waals surface area contributed by atoms with E-state index in [1.807, 2.05) is 37.3 Å². The molecule has 0 aromatic heterocycles. The number of likely N-dealkylation sites (N-methyl/N-ethyl adjacent to an activating group) is 1. The highest BCUT2D eigenvalue weighted by molar-refractivity contribution is 5.70. The molecule has 1 aliphatic rings. The lowest BCUT2D eigenvalue weighted by atomic mass is 9.98. The van der Waals surface area contributed by atoms with E-state index < -0.39 is 6.17 Å². The number of anilines is 1. The van der Waals surface area contributed by atoms with E-state index in [-0.39, 0.29) is 0 Å². The Hall–Kier alpha value is -1.87. The summed E-state index contributed by atoms with van der Waals surface area (Å²) in [5.74, 6) is 0. The monoisotopic (exact) mass is 326 g/mol. The lowest BCUT2D eigenvalue weighted by molar-refractivity contribution is 0.271. The van der Waals surface area contributed by atoms with Crippen molar-refractivity contribution < 1.29 is 4.39 Å². The van der Waals surface area contributed by atoms with E-state index in [0.717, 1.165) is 55.1 Å². The Kier molecular flexibility index (Phi) is 5.52. The van der Waals surface area contributed by atoms with Gasteiger partial charge in [0.25, 0.3) is 0 Å². The topological polar surface area (TPSA) is 6.48 Å². The Morgan fingerprint density at radius 1 is 0.917 bits per heavy atom. The van der Waals surface area contributed by atoms with Gasteiger partial charge >= 0.3 is 0 Å². The van der Waals surface area contributed by atoms with E-state index in [1.54, 1.807) is 0 Å². The van der Waals surface area contributed by atoms with Gasteiger partial charge in [-0.25, -0.2) is 4.39 Å². The maximum absolute atomic E-state index is 14.4. The number of rotatable bonds is 5. The summed E-state index contributed by atoms with van der Waals surface area (Å²) < 4.78 is 14.4. The van der Waals surface area contributed by atoms with Crippen molar-refractivity contribution in [2.75, 3.05) is 37.6 Å². The Balaban J connectivity index is 1.93. The van der Waals surface area contributed by atoms with Crippen LogP contribution in [0.3, 0.4) is 0 Å². The molecule has 1 saturated heterocycles. The highest BCUT2D eigenvalue weighted by Gasteiger charge is 2.18. The summed E-state index contributed by atoms with van der Waals surface area (Å²) in [5.41, 5.74) is 4.21. The molecular weight excluding hydrogens is 299 g/mol. The van der Waals surface area contributed by atoms with E-state index in [0.29, 0.717) is 6.42 Å². The van der Waals surface area contributed by atoms with Gasteiger partial charge in [-0.2, -0.15) is 0 Å². The number of halogens is 1. The van der Waals surface area contributed by atoms with Crippen LogP contribution in [0.5, 0.6) is 0 Å². The summed E-state index contributed by atoms with van der Waals surface area (Å²) in [6.07, 6.45) is -0.384. The summed E-state index contributed by atoms with van der Waals surface area (Å²) in [5, 5.41) is 0. The lowest BCUT2D eigenvalue weighted by Gasteiger charge is -2.36. The molecule has 2 aromatic carbocycles. The molecule has 2 aromatic rings. The molecule has 2 nitrogen and oxygen atoms in total. The van der Waals surface area contributed by atoms with Crippen LogP contribution in [0, 0.1) is 0 Å². The third-order valence-electron chi connectivity index (χ3n) is 4.95. The van der Waals surface area contributed by atoms with Gasteiger partial charge in [0.05, 0.1) is 0 Å². The maximum atomic E-state index is 14.4. The first-order valence-electron chi connectivity index (χ1n) is 9.03. The summed E-state index contributed by atoms with van der Waals surface area (Å²) >= 11 is 0.